The second kappa shape index (κ2) is 4.60. The van der Waals surface area contributed by atoms with Crippen LogP contribution in [0.5, 0.6) is 17.2 Å². The number of fused-ring (bicyclic) bond motifs is 1. The smallest absolute Gasteiger partial charge is 0.231 e. The predicted molar refractivity (Wildman–Crippen MR) is 72.5 cm³/mol. The molecule has 3 rings (SSSR count). The lowest BCUT2D eigenvalue weighted by Crippen LogP contribution is -2.37. The number of hydrogen-bond donors (Lipinski definition) is 2. The summed E-state index contributed by atoms with van der Waals surface area (Å²) in [5, 5.41) is 13.6. The number of nitrogens with one attached hydrogen (secondary N) is 1. The fourth-order valence-corrected chi connectivity index (χ4v) is 3.05. The first-order valence-electron chi connectivity index (χ1n) is 6.91. The maximum Gasteiger partial charge on any atom is 0.231 e. The van der Waals surface area contributed by atoms with Crippen molar-refractivity contribution in [2.45, 2.75) is 45.7 Å². The van der Waals surface area contributed by atoms with Crippen molar-refractivity contribution < 1.29 is 14.6 Å². The van der Waals surface area contributed by atoms with Crippen LogP contribution in [0.3, 0.4) is 0 Å². The highest BCUT2D eigenvalue weighted by atomic mass is 16.7. The maximum absolute atomic E-state index is 10.0. The lowest BCUT2D eigenvalue weighted by atomic mass is 9.87. The summed E-state index contributed by atoms with van der Waals surface area (Å²) in [6.45, 7) is 5.51. The molecule has 1 aliphatic heterocycles. The Balaban J connectivity index is 1.70. The molecule has 2 N–H and O–H groups in total. The van der Waals surface area contributed by atoms with E-state index >= 15 is 0 Å². The second-order valence-electron chi connectivity index (χ2n) is 6.15. The summed E-state index contributed by atoms with van der Waals surface area (Å²) in [5.74, 6) is 1.62. The summed E-state index contributed by atoms with van der Waals surface area (Å²) in [7, 11) is 0. The zero-order valence-corrected chi connectivity index (χ0v) is 11.5. The minimum atomic E-state index is 0.237. The third-order valence-electron chi connectivity index (χ3n) is 4.37. The Kier molecular flexibility index (Phi) is 3.05. The molecular formula is C15H21NO3. The van der Waals surface area contributed by atoms with Gasteiger partial charge in [-0.15, -0.1) is 0 Å². The van der Waals surface area contributed by atoms with E-state index in [9.17, 15) is 5.11 Å². The minimum Gasteiger partial charge on any atom is -0.507 e. The normalized spacial score (nSPS) is 23.8. The van der Waals surface area contributed by atoms with Crippen LogP contribution >= 0.6 is 0 Å². The number of phenolic OH excluding ortho intramolecular Hbond substituents is 1. The molecule has 1 unspecified atom stereocenters. The van der Waals surface area contributed by atoms with Crippen LogP contribution in [0, 0.1) is 5.41 Å². The highest BCUT2D eigenvalue weighted by Crippen LogP contribution is 2.39. The van der Waals surface area contributed by atoms with Crippen LogP contribution in [0.15, 0.2) is 12.1 Å². The third-order valence-corrected chi connectivity index (χ3v) is 4.37. The van der Waals surface area contributed by atoms with Crippen molar-refractivity contribution >= 4 is 0 Å². The number of phenols is 1. The average molecular weight is 263 g/mol. The van der Waals surface area contributed by atoms with Crippen LogP contribution in [0.1, 0.15) is 38.7 Å². The molecule has 1 atom stereocenters. The monoisotopic (exact) mass is 263 g/mol. The van der Waals surface area contributed by atoms with Crippen LogP contribution in [-0.2, 0) is 6.54 Å². The lowest BCUT2D eigenvalue weighted by molar-refractivity contribution is 0.174. The Morgan fingerprint density at radius 3 is 2.74 bits per heavy atom. The van der Waals surface area contributed by atoms with E-state index < -0.39 is 0 Å². The van der Waals surface area contributed by atoms with Gasteiger partial charge in [0.2, 0.25) is 6.79 Å². The molecule has 0 bridgehead atoms. The zero-order valence-electron chi connectivity index (χ0n) is 11.5. The van der Waals surface area contributed by atoms with E-state index in [0.717, 1.165) is 11.3 Å². The SMILES string of the molecule is CC1(C)CCCC1NCc1cc2c(cc1O)OCO2. The van der Waals surface area contributed by atoms with Crippen molar-refractivity contribution in [1.29, 1.82) is 0 Å². The van der Waals surface area contributed by atoms with Crippen LogP contribution in [0.4, 0.5) is 0 Å². The topological polar surface area (TPSA) is 50.7 Å². The maximum atomic E-state index is 10.0. The molecule has 1 saturated carbocycles. The Hall–Kier alpha value is -1.42. The molecule has 1 aromatic rings. The van der Waals surface area contributed by atoms with Crippen molar-refractivity contribution in [1.82, 2.24) is 5.32 Å². The summed E-state index contributed by atoms with van der Waals surface area (Å²) in [6, 6.07) is 4.02. The Bertz CT molecular complexity index is 485. The van der Waals surface area contributed by atoms with Crippen LogP contribution in [-0.4, -0.2) is 17.9 Å². The number of hydrogen-bond acceptors (Lipinski definition) is 4. The van der Waals surface area contributed by atoms with Crippen LogP contribution < -0.4 is 14.8 Å². The minimum absolute atomic E-state index is 0.237. The van der Waals surface area contributed by atoms with Gasteiger partial charge in [-0.25, -0.2) is 0 Å². The summed E-state index contributed by atoms with van der Waals surface area (Å²) >= 11 is 0. The van der Waals surface area contributed by atoms with Gasteiger partial charge in [0.15, 0.2) is 11.5 Å². The fraction of sp³-hybridized carbons (Fsp3) is 0.600. The van der Waals surface area contributed by atoms with Crippen molar-refractivity contribution in [3.8, 4) is 17.2 Å². The van der Waals surface area contributed by atoms with Gasteiger partial charge in [0.25, 0.3) is 0 Å². The summed E-state index contributed by atoms with van der Waals surface area (Å²) in [4.78, 5) is 0. The first-order chi connectivity index (χ1) is 9.06. The number of rotatable bonds is 3. The number of ether oxygens (including phenoxy) is 2. The van der Waals surface area contributed by atoms with Gasteiger partial charge in [0.05, 0.1) is 0 Å². The van der Waals surface area contributed by atoms with Gasteiger partial charge in [0.1, 0.15) is 5.75 Å². The number of aromatic hydroxyl groups is 1. The highest BCUT2D eigenvalue weighted by molar-refractivity contribution is 5.51. The first kappa shape index (κ1) is 12.6. The van der Waals surface area contributed by atoms with Gasteiger partial charge in [-0.05, 0) is 24.3 Å². The predicted octanol–water partition coefficient (Wildman–Crippen LogP) is 2.79. The third kappa shape index (κ3) is 2.37. The second-order valence-corrected chi connectivity index (χ2v) is 6.15. The van der Waals surface area contributed by atoms with Crippen molar-refractivity contribution in [3.05, 3.63) is 17.7 Å². The first-order valence-corrected chi connectivity index (χ1v) is 6.91. The molecule has 0 saturated heterocycles. The molecule has 4 nitrogen and oxygen atoms in total. The quantitative estimate of drug-likeness (QED) is 0.880. The average Bonchev–Trinajstić information content (AvgIpc) is 2.92. The molecule has 0 aromatic heterocycles. The van der Waals surface area contributed by atoms with E-state index in [0.29, 0.717) is 23.8 Å². The molecule has 1 aromatic carbocycles. The van der Waals surface area contributed by atoms with Gasteiger partial charge in [0, 0.05) is 24.2 Å². The van der Waals surface area contributed by atoms with Gasteiger partial charge in [-0.2, -0.15) is 0 Å². The summed E-state index contributed by atoms with van der Waals surface area (Å²) < 4.78 is 10.6. The van der Waals surface area contributed by atoms with E-state index in [1.807, 2.05) is 6.07 Å². The lowest BCUT2D eigenvalue weighted by Gasteiger charge is -2.28. The van der Waals surface area contributed by atoms with Crippen molar-refractivity contribution in [2.24, 2.45) is 5.41 Å². The zero-order chi connectivity index (χ0) is 13.5. The molecule has 4 heteroatoms. The molecular weight excluding hydrogens is 242 g/mol. The van der Waals surface area contributed by atoms with Gasteiger partial charge < -0.3 is 19.9 Å². The molecule has 0 amide bonds. The summed E-state index contributed by atoms with van der Waals surface area (Å²) in [5.41, 5.74) is 1.21. The Labute approximate surface area is 113 Å². The van der Waals surface area contributed by atoms with Crippen molar-refractivity contribution in [3.63, 3.8) is 0 Å². The summed E-state index contributed by atoms with van der Waals surface area (Å²) in [6.07, 6.45) is 3.74. The molecule has 0 radical (unpaired) electrons. The molecule has 0 spiro atoms. The number of benzene rings is 1. The van der Waals surface area contributed by atoms with Crippen molar-refractivity contribution in [2.75, 3.05) is 6.79 Å². The van der Waals surface area contributed by atoms with E-state index in [4.69, 9.17) is 9.47 Å². The van der Waals surface area contributed by atoms with Gasteiger partial charge in [-0.1, -0.05) is 20.3 Å². The van der Waals surface area contributed by atoms with Gasteiger partial charge in [-0.3, -0.25) is 0 Å². The fourth-order valence-electron chi connectivity index (χ4n) is 3.05. The Morgan fingerprint density at radius 1 is 1.32 bits per heavy atom. The van der Waals surface area contributed by atoms with E-state index in [-0.39, 0.29) is 12.5 Å². The molecule has 2 aliphatic rings. The van der Waals surface area contributed by atoms with E-state index in [1.165, 1.54) is 19.3 Å². The Morgan fingerprint density at radius 2 is 2.05 bits per heavy atom. The van der Waals surface area contributed by atoms with E-state index in [1.54, 1.807) is 6.07 Å². The molecule has 19 heavy (non-hydrogen) atoms. The van der Waals surface area contributed by atoms with E-state index in [2.05, 4.69) is 19.2 Å². The standard InChI is InChI=1S/C15H21NO3/c1-15(2)5-3-4-14(15)16-8-10-6-12-13(7-11(10)17)19-9-18-12/h6-7,14,16-17H,3-5,8-9H2,1-2H3. The largest absolute Gasteiger partial charge is 0.507 e. The van der Waals surface area contributed by atoms with Crippen LogP contribution in [0.25, 0.3) is 0 Å². The highest BCUT2D eigenvalue weighted by Gasteiger charge is 2.34. The molecule has 1 heterocycles. The van der Waals surface area contributed by atoms with Gasteiger partial charge >= 0.3 is 0 Å². The van der Waals surface area contributed by atoms with Crippen LogP contribution in [0.2, 0.25) is 0 Å². The molecule has 104 valence electrons. The molecule has 1 fully saturated rings. The molecule has 1 aliphatic carbocycles.